The van der Waals surface area contributed by atoms with Gasteiger partial charge in [-0.25, -0.2) is 0 Å². The summed E-state index contributed by atoms with van der Waals surface area (Å²) in [5, 5.41) is 11.2. The molecule has 1 saturated heterocycles. The molecule has 116 valence electrons. The smallest absolute Gasteiger partial charge is 0.255 e. The fourth-order valence-corrected chi connectivity index (χ4v) is 3.04. The average Bonchev–Trinajstić information content (AvgIpc) is 2.82. The van der Waals surface area contributed by atoms with Crippen LogP contribution in [0.2, 0.25) is 0 Å². The molecule has 2 aliphatic rings. The van der Waals surface area contributed by atoms with Crippen molar-refractivity contribution in [3.05, 3.63) is 34.9 Å². The molecule has 1 atom stereocenters. The second kappa shape index (κ2) is 5.88. The number of hydrogen-bond donors (Lipinski definition) is 2. The number of nitrogens with one attached hydrogen (secondary N) is 1. The van der Waals surface area contributed by atoms with Crippen molar-refractivity contribution in [1.29, 1.82) is 0 Å². The van der Waals surface area contributed by atoms with Crippen LogP contribution < -0.4 is 5.32 Å². The van der Waals surface area contributed by atoms with E-state index in [1.54, 1.807) is 4.90 Å². The van der Waals surface area contributed by atoms with Crippen molar-refractivity contribution in [3.8, 4) is 0 Å². The van der Waals surface area contributed by atoms with E-state index in [-0.39, 0.29) is 24.8 Å². The van der Waals surface area contributed by atoms with Crippen LogP contribution in [-0.4, -0.2) is 40.4 Å². The predicted octanol–water partition coefficient (Wildman–Crippen LogP) is 0.373. The molecule has 0 radical (unpaired) electrons. The molecule has 3 amide bonds. The number of rotatable bonds is 4. The molecule has 6 heteroatoms. The Morgan fingerprint density at radius 3 is 2.82 bits per heavy atom. The van der Waals surface area contributed by atoms with E-state index in [1.807, 2.05) is 18.2 Å². The van der Waals surface area contributed by atoms with Crippen LogP contribution in [0.25, 0.3) is 0 Å². The molecule has 0 saturated carbocycles. The summed E-state index contributed by atoms with van der Waals surface area (Å²) >= 11 is 0. The molecule has 1 aromatic rings. The summed E-state index contributed by atoms with van der Waals surface area (Å²) in [4.78, 5) is 37.3. The number of nitrogens with zero attached hydrogens (tertiary/aromatic N) is 1. The summed E-state index contributed by atoms with van der Waals surface area (Å²) < 4.78 is 0. The van der Waals surface area contributed by atoms with Gasteiger partial charge in [-0.15, -0.1) is 0 Å². The van der Waals surface area contributed by atoms with E-state index in [2.05, 4.69) is 5.32 Å². The molecule has 0 bridgehead atoms. The molecule has 3 rings (SSSR count). The number of amides is 3. The largest absolute Gasteiger partial charge is 0.396 e. The highest BCUT2D eigenvalue weighted by atomic mass is 16.3. The van der Waals surface area contributed by atoms with Gasteiger partial charge in [0.25, 0.3) is 5.91 Å². The Morgan fingerprint density at radius 2 is 2.09 bits per heavy atom. The molecule has 2 heterocycles. The maximum absolute atomic E-state index is 12.6. The number of imide groups is 1. The number of aryl methyl sites for hydroxylation is 1. The average molecular weight is 302 g/mol. The Labute approximate surface area is 128 Å². The highest BCUT2D eigenvalue weighted by Crippen LogP contribution is 2.28. The molecule has 0 aromatic heterocycles. The summed E-state index contributed by atoms with van der Waals surface area (Å²) in [6.07, 6.45) is 2.01. The highest BCUT2D eigenvalue weighted by molar-refractivity contribution is 6.05. The standard InChI is InChI=1S/C16H18N2O4/c19-7-1-2-10-3-4-11-9-18(16(22)12(11)8-10)13-5-6-14(20)17-15(13)21/h3-4,8,13,19H,1-2,5-7,9H2,(H,17,20,21). The van der Waals surface area contributed by atoms with Crippen molar-refractivity contribution in [1.82, 2.24) is 10.2 Å². The summed E-state index contributed by atoms with van der Waals surface area (Å²) in [5.41, 5.74) is 2.54. The molecule has 2 N–H and O–H groups in total. The number of fused-ring (bicyclic) bond motifs is 1. The van der Waals surface area contributed by atoms with Crippen LogP contribution in [0.15, 0.2) is 18.2 Å². The maximum Gasteiger partial charge on any atom is 0.255 e. The molecule has 0 spiro atoms. The van der Waals surface area contributed by atoms with Gasteiger partial charge < -0.3 is 10.0 Å². The first-order valence-electron chi connectivity index (χ1n) is 7.47. The lowest BCUT2D eigenvalue weighted by molar-refractivity contribution is -0.136. The van der Waals surface area contributed by atoms with Crippen molar-refractivity contribution >= 4 is 17.7 Å². The second-order valence-corrected chi connectivity index (χ2v) is 5.72. The van der Waals surface area contributed by atoms with Gasteiger partial charge in [0, 0.05) is 25.1 Å². The molecule has 1 fully saturated rings. The van der Waals surface area contributed by atoms with E-state index in [1.165, 1.54) is 0 Å². The minimum atomic E-state index is -0.571. The predicted molar refractivity (Wildman–Crippen MR) is 77.9 cm³/mol. The van der Waals surface area contributed by atoms with Crippen molar-refractivity contribution < 1.29 is 19.5 Å². The number of carbonyl (C=O) groups excluding carboxylic acids is 3. The van der Waals surface area contributed by atoms with Crippen molar-refractivity contribution in [2.75, 3.05) is 6.61 Å². The Bertz CT molecular complexity index is 641. The number of benzene rings is 1. The molecule has 6 nitrogen and oxygen atoms in total. The molecule has 0 aliphatic carbocycles. The van der Waals surface area contributed by atoms with E-state index in [0.29, 0.717) is 24.9 Å². The van der Waals surface area contributed by atoms with Gasteiger partial charge in [0.05, 0.1) is 0 Å². The summed E-state index contributed by atoms with van der Waals surface area (Å²) in [6, 6.07) is 5.14. The number of carbonyl (C=O) groups is 3. The zero-order chi connectivity index (χ0) is 15.7. The van der Waals surface area contributed by atoms with Crippen LogP contribution >= 0.6 is 0 Å². The zero-order valence-electron chi connectivity index (χ0n) is 12.2. The Balaban J connectivity index is 1.79. The fraction of sp³-hybridized carbons (Fsp3) is 0.438. The number of aliphatic hydroxyl groups excluding tert-OH is 1. The molecule has 2 aliphatic heterocycles. The number of piperidine rings is 1. The van der Waals surface area contributed by atoms with Gasteiger partial charge in [-0.3, -0.25) is 19.7 Å². The van der Waals surface area contributed by atoms with E-state index < -0.39 is 11.9 Å². The van der Waals surface area contributed by atoms with Crippen molar-refractivity contribution in [2.45, 2.75) is 38.3 Å². The lowest BCUT2D eigenvalue weighted by atomic mass is 10.0. The first kappa shape index (κ1) is 14.7. The monoisotopic (exact) mass is 302 g/mol. The van der Waals surface area contributed by atoms with Crippen LogP contribution in [0, 0.1) is 0 Å². The molecule has 22 heavy (non-hydrogen) atoms. The van der Waals surface area contributed by atoms with Crippen molar-refractivity contribution in [3.63, 3.8) is 0 Å². The van der Waals surface area contributed by atoms with E-state index in [4.69, 9.17) is 5.11 Å². The third-order valence-corrected chi connectivity index (χ3v) is 4.22. The summed E-state index contributed by atoms with van der Waals surface area (Å²) in [7, 11) is 0. The number of aliphatic hydroxyl groups is 1. The van der Waals surface area contributed by atoms with Gasteiger partial charge in [-0.1, -0.05) is 12.1 Å². The molecular formula is C16H18N2O4. The van der Waals surface area contributed by atoms with Gasteiger partial charge in [-0.05, 0) is 36.5 Å². The number of hydrogen-bond acceptors (Lipinski definition) is 4. The van der Waals surface area contributed by atoms with E-state index in [9.17, 15) is 14.4 Å². The van der Waals surface area contributed by atoms with E-state index >= 15 is 0 Å². The first-order chi connectivity index (χ1) is 10.6. The highest BCUT2D eigenvalue weighted by Gasteiger charge is 2.38. The zero-order valence-corrected chi connectivity index (χ0v) is 12.2. The molecule has 1 aromatic carbocycles. The normalized spacial score (nSPS) is 21.0. The SMILES string of the molecule is O=C1CCC(N2Cc3ccc(CCCO)cc3C2=O)C(=O)N1. The molecular weight excluding hydrogens is 284 g/mol. The van der Waals surface area contributed by atoms with Gasteiger partial charge in [0.1, 0.15) is 6.04 Å². The van der Waals surface area contributed by atoms with Gasteiger partial charge in [-0.2, -0.15) is 0 Å². The van der Waals surface area contributed by atoms with E-state index in [0.717, 1.165) is 17.5 Å². The maximum atomic E-state index is 12.6. The lowest BCUT2D eigenvalue weighted by Gasteiger charge is -2.29. The Hall–Kier alpha value is -2.21. The topological polar surface area (TPSA) is 86.7 Å². The summed E-state index contributed by atoms with van der Waals surface area (Å²) in [5.74, 6) is -0.829. The summed E-state index contributed by atoms with van der Waals surface area (Å²) in [6.45, 7) is 0.522. The van der Waals surface area contributed by atoms with Crippen LogP contribution in [0.4, 0.5) is 0 Å². The third kappa shape index (κ3) is 2.62. The van der Waals surface area contributed by atoms with Crippen LogP contribution in [-0.2, 0) is 22.6 Å². The quantitative estimate of drug-likeness (QED) is 0.787. The Kier molecular flexibility index (Phi) is 3.94. The van der Waals surface area contributed by atoms with Crippen molar-refractivity contribution in [2.24, 2.45) is 0 Å². The van der Waals surface area contributed by atoms with Gasteiger partial charge in [0.2, 0.25) is 11.8 Å². The second-order valence-electron chi connectivity index (χ2n) is 5.72. The van der Waals surface area contributed by atoms with Crippen LogP contribution in [0.1, 0.15) is 40.7 Å². The first-order valence-corrected chi connectivity index (χ1v) is 7.47. The van der Waals surface area contributed by atoms with Crippen LogP contribution in [0.3, 0.4) is 0 Å². The fourth-order valence-electron chi connectivity index (χ4n) is 3.04. The van der Waals surface area contributed by atoms with Crippen LogP contribution in [0.5, 0.6) is 0 Å². The Morgan fingerprint density at radius 1 is 1.27 bits per heavy atom. The lowest BCUT2D eigenvalue weighted by Crippen LogP contribution is -2.52. The van der Waals surface area contributed by atoms with Gasteiger partial charge in [0.15, 0.2) is 0 Å². The molecule has 1 unspecified atom stereocenters. The minimum Gasteiger partial charge on any atom is -0.396 e. The minimum absolute atomic E-state index is 0.118. The van der Waals surface area contributed by atoms with Gasteiger partial charge >= 0.3 is 0 Å². The third-order valence-electron chi connectivity index (χ3n) is 4.22.